The van der Waals surface area contributed by atoms with E-state index >= 15 is 0 Å². The number of nitrogens with one attached hydrogen (secondary N) is 1. The summed E-state index contributed by atoms with van der Waals surface area (Å²) in [7, 11) is 0. The van der Waals surface area contributed by atoms with Crippen molar-refractivity contribution >= 4 is 12.0 Å². The van der Waals surface area contributed by atoms with Gasteiger partial charge in [-0.3, -0.25) is 4.79 Å². The molecule has 5 rings (SSSR count). The summed E-state index contributed by atoms with van der Waals surface area (Å²) in [6.45, 7) is 8.41. The van der Waals surface area contributed by atoms with Crippen LogP contribution in [0.5, 0.6) is 0 Å². The molecular formula is C28H37N3O3. The van der Waals surface area contributed by atoms with Gasteiger partial charge in [-0.2, -0.15) is 0 Å². The number of benzene rings is 2. The van der Waals surface area contributed by atoms with Crippen molar-refractivity contribution in [2.24, 2.45) is 11.8 Å². The minimum atomic E-state index is -0.993. The average molecular weight is 464 g/mol. The minimum Gasteiger partial charge on any atom is -0.465 e. The van der Waals surface area contributed by atoms with Crippen molar-refractivity contribution in [3.63, 3.8) is 0 Å². The van der Waals surface area contributed by atoms with E-state index in [0.29, 0.717) is 11.8 Å². The van der Waals surface area contributed by atoms with Crippen LogP contribution in [0, 0.1) is 25.7 Å². The number of amides is 2. The molecular weight excluding hydrogens is 426 g/mol. The number of rotatable bonds is 6. The number of likely N-dealkylation sites (tertiary alicyclic amines) is 2. The molecule has 34 heavy (non-hydrogen) atoms. The van der Waals surface area contributed by atoms with E-state index in [1.54, 1.807) is 0 Å². The number of carboxylic acid groups (broad SMARTS) is 1. The Morgan fingerprint density at radius 2 is 1.50 bits per heavy atom. The summed E-state index contributed by atoms with van der Waals surface area (Å²) in [5.41, 5.74) is 3.93. The first-order valence-corrected chi connectivity index (χ1v) is 12.5. The zero-order chi connectivity index (χ0) is 24.1. The molecule has 2 N–H and O–H groups in total. The molecule has 0 spiro atoms. The Morgan fingerprint density at radius 3 is 2.03 bits per heavy atom. The fraction of sp³-hybridized carbons (Fsp3) is 0.500. The number of hydrogen-bond donors (Lipinski definition) is 2. The monoisotopic (exact) mass is 463 g/mol. The van der Waals surface area contributed by atoms with Gasteiger partial charge in [0.05, 0.1) is 6.04 Å². The first-order valence-electron chi connectivity index (χ1n) is 12.5. The highest BCUT2D eigenvalue weighted by Gasteiger charge is 2.42. The Balaban J connectivity index is 0.000000846. The lowest BCUT2D eigenvalue weighted by Crippen LogP contribution is -2.35. The van der Waals surface area contributed by atoms with E-state index in [2.05, 4.69) is 10.2 Å². The third-order valence-electron chi connectivity index (χ3n) is 7.13. The van der Waals surface area contributed by atoms with Crippen molar-refractivity contribution in [3.8, 4) is 0 Å². The van der Waals surface area contributed by atoms with Gasteiger partial charge in [-0.25, -0.2) is 4.79 Å². The fourth-order valence-electron chi connectivity index (χ4n) is 5.22. The van der Waals surface area contributed by atoms with Crippen LogP contribution in [0.25, 0.3) is 0 Å². The van der Waals surface area contributed by atoms with Gasteiger partial charge in [-0.15, -0.1) is 0 Å². The summed E-state index contributed by atoms with van der Waals surface area (Å²) in [5.74, 6) is 1.15. The van der Waals surface area contributed by atoms with E-state index in [9.17, 15) is 14.7 Å². The zero-order valence-electron chi connectivity index (χ0n) is 20.4. The van der Waals surface area contributed by atoms with Gasteiger partial charge < -0.3 is 20.2 Å². The second-order valence-electron chi connectivity index (χ2n) is 10.0. The van der Waals surface area contributed by atoms with Gasteiger partial charge in [-0.1, -0.05) is 67.8 Å². The Kier molecular flexibility index (Phi) is 7.88. The van der Waals surface area contributed by atoms with Crippen LogP contribution in [-0.4, -0.2) is 59.6 Å². The normalized spacial score (nSPS) is 21.9. The molecule has 1 saturated carbocycles. The first-order chi connectivity index (χ1) is 16.4. The smallest absolute Gasteiger partial charge is 0.405 e. The number of hydrogen-bond acceptors (Lipinski definition) is 3. The topological polar surface area (TPSA) is 72.9 Å². The largest absolute Gasteiger partial charge is 0.465 e. The molecule has 2 aromatic carbocycles. The molecule has 3 fully saturated rings. The van der Waals surface area contributed by atoms with Crippen LogP contribution < -0.4 is 5.32 Å². The number of nitrogens with zero attached hydrogens (tertiary/aromatic N) is 2. The van der Waals surface area contributed by atoms with Gasteiger partial charge in [0, 0.05) is 38.3 Å². The molecule has 0 bridgehead atoms. The Morgan fingerprint density at radius 1 is 0.912 bits per heavy atom. The van der Waals surface area contributed by atoms with Gasteiger partial charge >= 0.3 is 6.09 Å². The lowest BCUT2D eigenvalue weighted by Gasteiger charge is -2.25. The lowest BCUT2D eigenvalue weighted by atomic mass is 10.0. The van der Waals surface area contributed by atoms with E-state index in [4.69, 9.17) is 0 Å². The van der Waals surface area contributed by atoms with Crippen LogP contribution >= 0.6 is 0 Å². The highest BCUT2D eigenvalue weighted by Crippen LogP contribution is 2.33. The Hall–Kier alpha value is -2.86. The Bertz CT molecular complexity index is 955. The SMILES string of the molecule is C1CC1.Cc1cccc(C)c1C(=O)N1CC2CN(CCC(NC(=O)O)c3ccccc3)C[C@H]2C1. The van der Waals surface area contributed by atoms with Crippen LogP contribution in [-0.2, 0) is 0 Å². The van der Waals surface area contributed by atoms with Crippen molar-refractivity contribution in [1.82, 2.24) is 15.1 Å². The zero-order valence-corrected chi connectivity index (χ0v) is 20.4. The van der Waals surface area contributed by atoms with E-state index in [0.717, 1.165) is 61.4 Å². The van der Waals surface area contributed by atoms with Crippen LogP contribution in [0.2, 0.25) is 0 Å². The molecule has 182 valence electrons. The highest BCUT2D eigenvalue weighted by molar-refractivity contribution is 5.97. The molecule has 1 aliphatic carbocycles. The first kappa shape index (κ1) is 24.3. The second kappa shape index (κ2) is 11.0. The minimum absolute atomic E-state index is 0.159. The molecule has 3 atom stereocenters. The molecule has 0 aromatic heterocycles. The molecule has 2 heterocycles. The van der Waals surface area contributed by atoms with Crippen molar-refractivity contribution in [2.75, 3.05) is 32.7 Å². The van der Waals surface area contributed by atoms with Crippen molar-refractivity contribution in [3.05, 3.63) is 70.8 Å². The molecule has 2 aromatic rings. The average Bonchev–Trinajstić information content (AvgIpc) is 3.57. The maximum absolute atomic E-state index is 13.1. The molecule has 6 nitrogen and oxygen atoms in total. The summed E-state index contributed by atoms with van der Waals surface area (Å²) in [4.78, 5) is 28.8. The van der Waals surface area contributed by atoms with Crippen LogP contribution in [0.1, 0.15) is 58.8 Å². The summed E-state index contributed by atoms with van der Waals surface area (Å²) in [5, 5.41) is 11.9. The predicted octanol–water partition coefficient (Wildman–Crippen LogP) is 4.88. The van der Waals surface area contributed by atoms with Gasteiger partial charge in [0.25, 0.3) is 5.91 Å². The van der Waals surface area contributed by atoms with Crippen LogP contribution in [0.3, 0.4) is 0 Å². The molecule has 2 saturated heterocycles. The molecule has 6 heteroatoms. The third-order valence-corrected chi connectivity index (χ3v) is 7.13. The lowest BCUT2D eigenvalue weighted by molar-refractivity contribution is 0.0772. The molecule has 2 aliphatic heterocycles. The summed E-state index contributed by atoms with van der Waals surface area (Å²) < 4.78 is 0. The summed E-state index contributed by atoms with van der Waals surface area (Å²) >= 11 is 0. The number of aryl methyl sites for hydroxylation is 2. The number of carbonyl (C=O) groups is 2. The summed E-state index contributed by atoms with van der Waals surface area (Å²) in [6.07, 6.45) is 4.24. The van der Waals surface area contributed by atoms with Crippen molar-refractivity contribution in [2.45, 2.75) is 45.6 Å². The number of fused-ring (bicyclic) bond motifs is 1. The van der Waals surface area contributed by atoms with Gasteiger partial charge in [0.1, 0.15) is 0 Å². The molecule has 2 unspecified atom stereocenters. The van der Waals surface area contributed by atoms with Crippen LogP contribution in [0.15, 0.2) is 48.5 Å². The Labute approximate surface area is 203 Å². The highest BCUT2D eigenvalue weighted by atomic mass is 16.4. The maximum Gasteiger partial charge on any atom is 0.405 e. The predicted molar refractivity (Wildman–Crippen MR) is 134 cm³/mol. The van der Waals surface area contributed by atoms with Gasteiger partial charge in [0.15, 0.2) is 0 Å². The molecule has 2 amide bonds. The van der Waals surface area contributed by atoms with Crippen molar-refractivity contribution in [1.29, 1.82) is 0 Å². The van der Waals surface area contributed by atoms with Gasteiger partial charge in [0.2, 0.25) is 0 Å². The quantitative estimate of drug-likeness (QED) is 0.641. The fourth-order valence-corrected chi connectivity index (χ4v) is 5.22. The van der Waals surface area contributed by atoms with Crippen LogP contribution in [0.4, 0.5) is 4.79 Å². The number of carbonyl (C=O) groups excluding carboxylic acids is 1. The third kappa shape index (κ3) is 6.17. The molecule has 3 aliphatic rings. The van der Waals surface area contributed by atoms with Gasteiger partial charge in [-0.05, 0) is 48.8 Å². The summed E-state index contributed by atoms with van der Waals surface area (Å²) in [6, 6.07) is 15.6. The maximum atomic E-state index is 13.1. The van der Waals surface area contributed by atoms with E-state index in [1.807, 2.05) is 67.3 Å². The standard InChI is InChI=1S/C25H31N3O3.C3H6/c1-17-7-6-8-18(2)23(17)24(29)28-15-20-13-27(14-21(20)16-28)12-11-22(26-25(30)31)19-9-4-3-5-10-19;1-2-3-1/h3-10,20-22,26H,11-16H2,1-2H3,(H,30,31);1-3H2/t20-,21?,22?;/m0./s1. The second-order valence-corrected chi connectivity index (χ2v) is 10.0. The van der Waals surface area contributed by atoms with E-state index in [-0.39, 0.29) is 11.9 Å². The van der Waals surface area contributed by atoms with Crippen molar-refractivity contribution < 1.29 is 14.7 Å². The molecule has 0 radical (unpaired) electrons. The van der Waals surface area contributed by atoms with E-state index < -0.39 is 6.09 Å². The van der Waals surface area contributed by atoms with E-state index in [1.165, 1.54) is 19.3 Å².